The fraction of sp³-hybridized carbons (Fsp3) is 0.448. The highest BCUT2D eigenvalue weighted by Gasteiger charge is 2.48. The van der Waals surface area contributed by atoms with Gasteiger partial charge in [-0.1, -0.05) is 12.1 Å². The molecule has 36 heavy (non-hydrogen) atoms. The van der Waals surface area contributed by atoms with E-state index >= 15 is 0 Å². The topological polar surface area (TPSA) is 71.5 Å². The van der Waals surface area contributed by atoms with E-state index in [9.17, 15) is 4.79 Å². The summed E-state index contributed by atoms with van der Waals surface area (Å²) in [5.74, 6) is 1.70. The van der Waals surface area contributed by atoms with Gasteiger partial charge >= 0.3 is 0 Å². The highest BCUT2D eigenvalue weighted by molar-refractivity contribution is 5.78. The molecule has 1 aromatic carbocycles. The number of pyridine rings is 1. The third kappa shape index (κ3) is 4.37. The van der Waals surface area contributed by atoms with Crippen LogP contribution in [0.3, 0.4) is 0 Å². The van der Waals surface area contributed by atoms with Crippen LogP contribution in [-0.2, 0) is 17.6 Å². The summed E-state index contributed by atoms with van der Waals surface area (Å²) in [6.07, 6.45) is 10.3. The molecular weight excluding hydrogens is 450 g/mol. The van der Waals surface area contributed by atoms with Crippen molar-refractivity contribution in [1.29, 1.82) is 0 Å². The first-order valence-corrected chi connectivity index (χ1v) is 12.9. The molecule has 4 heterocycles. The van der Waals surface area contributed by atoms with E-state index in [2.05, 4.69) is 38.1 Å². The van der Waals surface area contributed by atoms with Gasteiger partial charge in [0, 0.05) is 55.9 Å². The lowest BCUT2D eigenvalue weighted by molar-refractivity contribution is -0.136. The maximum atomic E-state index is 12.8. The minimum Gasteiger partial charge on any atom is -0.495 e. The first-order valence-electron chi connectivity index (χ1n) is 12.9. The van der Waals surface area contributed by atoms with E-state index in [1.807, 2.05) is 36.4 Å². The summed E-state index contributed by atoms with van der Waals surface area (Å²) in [6.45, 7) is 6.00. The van der Waals surface area contributed by atoms with Gasteiger partial charge < -0.3 is 9.64 Å². The number of fused-ring (bicyclic) bond motifs is 1. The fourth-order valence-corrected chi connectivity index (χ4v) is 6.14. The number of ether oxygens (including phenoxy) is 1. The lowest BCUT2D eigenvalue weighted by atomic mass is 9.71. The van der Waals surface area contributed by atoms with Crippen molar-refractivity contribution in [2.75, 3.05) is 33.3 Å². The van der Waals surface area contributed by atoms with E-state index < -0.39 is 0 Å². The van der Waals surface area contributed by atoms with Crippen LogP contribution in [0, 0.1) is 12.3 Å². The van der Waals surface area contributed by atoms with Gasteiger partial charge in [0.1, 0.15) is 5.75 Å². The Kier molecular flexibility index (Phi) is 5.96. The molecule has 1 spiro atoms. The molecule has 1 unspecified atom stereocenters. The molecule has 7 nitrogen and oxygen atoms in total. The minimum atomic E-state index is 0.178. The molecule has 1 aliphatic carbocycles. The molecule has 186 valence electrons. The molecule has 3 aliphatic rings. The summed E-state index contributed by atoms with van der Waals surface area (Å²) in [4.78, 5) is 30.9. The van der Waals surface area contributed by atoms with Gasteiger partial charge in [-0.25, -0.2) is 9.97 Å². The third-order valence-electron chi connectivity index (χ3n) is 8.29. The summed E-state index contributed by atoms with van der Waals surface area (Å²) in [7, 11) is 1.62. The van der Waals surface area contributed by atoms with Gasteiger partial charge in [-0.15, -0.1) is 0 Å². The zero-order chi connectivity index (χ0) is 24.7. The third-order valence-corrected chi connectivity index (χ3v) is 8.29. The number of likely N-dealkylation sites (tertiary alicyclic amines) is 2. The number of hydrogen-bond donors (Lipinski definition) is 0. The fourth-order valence-electron chi connectivity index (χ4n) is 6.14. The van der Waals surface area contributed by atoms with E-state index in [1.54, 1.807) is 13.3 Å². The Morgan fingerprint density at radius 1 is 1.06 bits per heavy atom. The van der Waals surface area contributed by atoms with Crippen LogP contribution in [0.5, 0.6) is 5.75 Å². The largest absolute Gasteiger partial charge is 0.495 e. The van der Waals surface area contributed by atoms with Gasteiger partial charge in [0.05, 0.1) is 19.7 Å². The van der Waals surface area contributed by atoms with Crippen molar-refractivity contribution >= 4 is 5.91 Å². The van der Waals surface area contributed by atoms with Crippen LogP contribution in [0.25, 0.3) is 11.4 Å². The van der Waals surface area contributed by atoms with Crippen LogP contribution < -0.4 is 4.74 Å². The highest BCUT2D eigenvalue weighted by atomic mass is 16.5. The Morgan fingerprint density at radius 2 is 1.83 bits per heavy atom. The minimum absolute atomic E-state index is 0.178. The average Bonchev–Trinajstić information content (AvgIpc) is 3.31. The maximum Gasteiger partial charge on any atom is 0.228 e. The van der Waals surface area contributed by atoms with E-state index in [1.165, 1.54) is 17.5 Å². The summed E-state index contributed by atoms with van der Waals surface area (Å²) >= 11 is 0. The second kappa shape index (κ2) is 9.28. The van der Waals surface area contributed by atoms with Gasteiger partial charge in [-0.3, -0.25) is 14.7 Å². The van der Waals surface area contributed by atoms with Crippen molar-refractivity contribution < 1.29 is 9.53 Å². The average molecular weight is 484 g/mol. The van der Waals surface area contributed by atoms with Crippen molar-refractivity contribution in [3.63, 3.8) is 0 Å². The number of nitrogens with zero attached hydrogens (tertiary/aromatic N) is 5. The molecule has 0 N–H and O–H groups in total. The molecule has 1 amide bonds. The van der Waals surface area contributed by atoms with Crippen molar-refractivity contribution in [1.82, 2.24) is 24.8 Å². The molecule has 3 aromatic rings. The van der Waals surface area contributed by atoms with E-state index in [-0.39, 0.29) is 5.91 Å². The van der Waals surface area contributed by atoms with E-state index in [4.69, 9.17) is 4.74 Å². The van der Waals surface area contributed by atoms with Gasteiger partial charge in [0.15, 0.2) is 5.82 Å². The number of methoxy groups -OCH3 is 1. The van der Waals surface area contributed by atoms with Crippen molar-refractivity contribution in [2.45, 2.75) is 45.1 Å². The number of carbonyl (C=O) groups is 1. The SMILES string of the molecule is COc1ccc(CC(=O)N2CCC3(CC2)CN(C2CCc4cc(-c5ncc(C)cn5)ccc42)C3)nc1. The molecule has 2 aliphatic heterocycles. The summed E-state index contributed by atoms with van der Waals surface area (Å²) < 4.78 is 5.16. The van der Waals surface area contributed by atoms with Gasteiger partial charge in [-0.2, -0.15) is 0 Å². The monoisotopic (exact) mass is 483 g/mol. The summed E-state index contributed by atoms with van der Waals surface area (Å²) in [5.41, 5.74) is 6.27. The Bertz CT molecular complexity index is 1240. The molecule has 1 atom stereocenters. The van der Waals surface area contributed by atoms with Crippen molar-refractivity contribution in [2.24, 2.45) is 5.41 Å². The normalized spacial score (nSPS) is 20.7. The number of aryl methyl sites for hydroxylation is 2. The van der Waals surface area contributed by atoms with Crippen LogP contribution >= 0.6 is 0 Å². The molecular formula is C29H33N5O2. The lowest BCUT2D eigenvalue weighted by Crippen LogP contribution is -2.61. The first-order chi connectivity index (χ1) is 17.5. The van der Waals surface area contributed by atoms with Crippen molar-refractivity contribution in [3.8, 4) is 17.1 Å². The summed E-state index contributed by atoms with van der Waals surface area (Å²) in [6, 6.07) is 11.0. The van der Waals surface area contributed by atoms with Crippen molar-refractivity contribution in [3.05, 3.63) is 71.3 Å². The number of piperidine rings is 1. The predicted molar refractivity (Wildman–Crippen MR) is 138 cm³/mol. The van der Waals surface area contributed by atoms with Crippen LogP contribution in [0.1, 0.15) is 47.7 Å². The lowest BCUT2D eigenvalue weighted by Gasteiger charge is -2.56. The smallest absolute Gasteiger partial charge is 0.228 e. The molecule has 2 saturated heterocycles. The molecule has 0 bridgehead atoms. The quantitative estimate of drug-likeness (QED) is 0.546. The molecule has 7 heteroatoms. The number of amides is 1. The molecule has 6 rings (SSSR count). The van der Waals surface area contributed by atoms with Crippen LogP contribution in [-0.4, -0.2) is 63.9 Å². The zero-order valence-corrected chi connectivity index (χ0v) is 21.1. The predicted octanol–water partition coefficient (Wildman–Crippen LogP) is 4.01. The first kappa shape index (κ1) is 23.1. The number of aromatic nitrogens is 3. The Hall–Kier alpha value is -3.32. The second-order valence-electron chi connectivity index (χ2n) is 10.7. The maximum absolute atomic E-state index is 12.8. The number of hydrogen-bond acceptors (Lipinski definition) is 6. The standard InChI is InChI=1S/C29H33N5O2/c1-20-15-31-28(32-16-20)22-3-7-25-21(13-22)4-8-26(25)34-18-29(19-34)9-11-33(12-10-29)27(35)14-23-5-6-24(36-2)17-30-23/h3,5-7,13,15-17,26H,4,8-12,14,18-19H2,1-2H3. The Balaban J connectivity index is 1.03. The Labute approximate surface area is 212 Å². The van der Waals surface area contributed by atoms with E-state index in [0.29, 0.717) is 23.6 Å². The zero-order valence-electron chi connectivity index (χ0n) is 21.1. The highest BCUT2D eigenvalue weighted by Crippen LogP contribution is 2.48. The Morgan fingerprint density at radius 3 is 2.53 bits per heavy atom. The number of rotatable bonds is 5. The van der Waals surface area contributed by atoms with E-state index in [0.717, 1.165) is 68.1 Å². The van der Waals surface area contributed by atoms with Gasteiger partial charge in [0.2, 0.25) is 5.91 Å². The number of carbonyl (C=O) groups excluding carboxylic acids is 1. The second-order valence-corrected chi connectivity index (χ2v) is 10.7. The summed E-state index contributed by atoms with van der Waals surface area (Å²) in [5, 5.41) is 0. The van der Waals surface area contributed by atoms with Crippen LogP contribution in [0.4, 0.5) is 0 Å². The molecule has 0 saturated carbocycles. The van der Waals surface area contributed by atoms with Crippen LogP contribution in [0.15, 0.2) is 48.9 Å². The molecule has 2 fully saturated rings. The molecule has 2 aromatic heterocycles. The molecule has 0 radical (unpaired) electrons. The van der Waals surface area contributed by atoms with Crippen LogP contribution in [0.2, 0.25) is 0 Å². The van der Waals surface area contributed by atoms with Gasteiger partial charge in [-0.05, 0) is 72.9 Å². The van der Waals surface area contributed by atoms with Gasteiger partial charge in [0.25, 0.3) is 0 Å². The number of benzene rings is 1.